The molecule has 0 radical (unpaired) electrons. The highest BCUT2D eigenvalue weighted by Crippen LogP contribution is 2.50. The van der Waals surface area contributed by atoms with E-state index < -0.39 is 5.97 Å². The predicted molar refractivity (Wildman–Crippen MR) is 117 cm³/mol. The number of ether oxygens (including phenoxy) is 3. The number of phenols is 2. The number of phenolic OH excluding ortho intramolecular Hbond substituents is 2. The van der Waals surface area contributed by atoms with Crippen molar-refractivity contribution in [1.29, 1.82) is 0 Å². The first-order chi connectivity index (χ1) is 15.5. The highest BCUT2D eigenvalue weighted by atomic mass is 16.6. The molecule has 1 heterocycles. The fourth-order valence-corrected chi connectivity index (χ4v) is 3.37. The predicted octanol–water partition coefficient (Wildman–Crippen LogP) is 5.26. The van der Waals surface area contributed by atoms with Crippen molar-refractivity contribution in [3.63, 3.8) is 0 Å². The van der Waals surface area contributed by atoms with Crippen molar-refractivity contribution in [2.75, 3.05) is 14.2 Å². The van der Waals surface area contributed by atoms with E-state index in [1.807, 2.05) is 0 Å². The molecule has 32 heavy (non-hydrogen) atoms. The lowest BCUT2D eigenvalue weighted by molar-refractivity contribution is 0.0697. The Balaban J connectivity index is 1.98. The topological polar surface area (TPSA) is 98.4 Å². The molecule has 0 saturated heterocycles. The van der Waals surface area contributed by atoms with Crippen LogP contribution in [0.4, 0.5) is 0 Å². The summed E-state index contributed by atoms with van der Waals surface area (Å²) in [6.45, 7) is 0. The van der Waals surface area contributed by atoms with Crippen molar-refractivity contribution >= 4 is 5.97 Å². The van der Waals surface area contributed by atoms with E-state index in [9.17, 15) is 15.0 Å². The van der Waals surface area contributed by atoms with Crippen molar-refractivity contribution in [3.8, 4) is 51.0 Å². The van der Waals surface area contributed by atoms with E-state index in [1.54, 1.807) is 48.5 Å². The molecule has 4 rings (SSSR count). The lowest BCUT2D eigenvalue weighted by atomic mass is 9.96. The Hall–Kier alpha value is -4.39. The van der Waals surface area contributed by atoms with Crippen LogP contribution in [-0.4, -0.2) is 30.4 Å². The summed E-state index contributed by atoms with van der Waals surface area (Å²) in [6.07, 6.45) is 1.38. The third kappa shape index (κ3) is 3.96. The average Bonchev–Trinajstić information content (AvgIpc) is 3.35. The lowest BCUT2D eigenvalue weighted by Gasteiger charge is -2.20. The van der Waals surface area contributed by atoms with Crippen LogP contribution in [0.15, 0.2) is 77.4 Å². The number of hydrogen-bond acceptors (Lipinski definition) is 7. The summed E-state index contributed by atoms with van der Waals surface area (Å²) >= 11 is 0. The summed E-state index contributed by atoms with van der Waals surface area (Å²) in [6, 6.07) is 17.8. The molecule has 0 atom stereocenters. The van der Waals surface area contributed by atoms with Gasteiger partial charge in [0.05, 0.1) is 26.0 Å². The molecule has 7 heteroatoms. The fraction of sp³-hybridized carbons (Fsp3) is 0.0800. The van der Waals surface area contributed by atoms with Crippen LogP contribution in [0.25, 0.3) is 22.3 Å². The van der Waals surface area contributed by atoms with Crippen molar-refractivity contribution < 1.29 is 33.6 Å². The van der Waals surface area contributed by atoms with Gasteiger partial charge in [0, 0.05) is 5.56 Å². The van der Waals surface area contributed by atoms with Gasteiger partial charge in [-0.1, -0.05) is 24.3 Å². The van der Waals surface area contributed by atoms with Gasteiger partial charge >= 0.3 is 5.97 Å². The van der Waals surface area contributed by atoms with Gasteiger partial charge in [-0.2, -0.15) is 0 Å². The second-order valence-electron chi connectivity index (χ2n) is 6.82. The summed E-state index contributed by atoms with van der Waals surface area (Å²) in [5.74, 6) is 0.360. The molecule has 0 amide bonds. The molecule has 4 aromatic rings. The van der Waals surface area contributed by atoms with Crippen LogP contribution >= 0.6 is 0 Å². The summed E-state index contributed by atoms with van der Waals surface area (Å²) in [4.78, 5) is 12.8. The smallest absolute Gasteiger partial charge is 0.379 e. The van der Waals surface area contributed by atoms with E-state index in [-0.39, 0.29) is 23.0 Å². The van der Waals surface area contributed by atoms with Gasteiger partial charge in [-0.3, -0.25) is 0 Å². The number of methoxy groups -OCH3 is 2. The van der Waals surface area contributed by atoms with Crippen LogP contribution in [0.3, 0.4) is 0 Å². The van der Waals surface area contributed by atoms with Crippen molar-refractivity contribution in [3.05, 3.63) is 78.8 Å². The summed E-state index contributed by atoms with van der Waals surface area (Å²) in [7, 11) is 2.97. The molecule has 0 spiro atoms. The minimum atomic E-state index is -0.710. The SMILES string of the molecule is COc1cc(-c2ccc(O)cc2)c(OC)c(OC(=O)c2ccco2)c1-c1ccc(O)cc1. The lowest BCUT2D eigenvalue weighted by Crippen LogP contribution is -2.10. The molecule has 3 aromatic carbocycles. The molecular weight excluding hydrogens is 412 g/mol. The Bertz CT molecular complexity index is 1230. The maximum Gasteiger partial charge on any atom is 0.379 e. The van der Waals surface area contributed by atoms with Gasteiger partial charge in [-0.25, -0.2) is 4.79 Å². The Morgan fingerprint density at radius 3 is 1.97 bits per heavy atom. The van der Waals surface area contributed by atoms with Crippen LogP contribution in [-0.2, 0) is 0 Å². The van der Waals surface area contributed by atoms with Gasteiger partial charge in [0.1, 0.15) is 17.2 Å². The fourth-order valence-electron chi connectivity index (χ4n) is 3.37. The number of esters is 1. The Labute approximate surface area is 184 Å². The number of hydrogen-bond donors (Lipinski definition) is 2. The standard InChI is InChI=1S/C25H20O7/c1-29-21-14-19(15-5-9-17(26)10-6-15)23(30-2)24(32-25(28)20-4-3-13-31-20)22(21)16-7-11-18(27)12-8-16/h3-14,26-27H,1-2H3. The van der Waals surface area contributed by atoms with Gasteiger partial charge in [0.2, 0.25) is 5.76 Å². The Morgan fingerprint density at radius 2 is 1.44 bits per heavy atom. The zero-order valence-electron chi connectivity index (χ0n) is 17.4. The van der Waals surface area contributed by atoms with Gasteiger partial charge in [-0.15, -0.1) is 0 Å². The number of carbonyl (C=O) groups excluding carboxylic acids is 1. The monoisotopic (exact) mass is 432 g/mol. The van der Waals surface area contributed by atoms with E-state index in [1.165, 1.54) is 38.7 Å². The quantitative estimate of drug-likeness (QED) is 0.317. The van der Waals surface area contributed by atoms with E-state index >= 15 is 0 Å². The van der Waals surface area contributed by atoms with Gasteiger partial charge in [0.25, 0.3) is 0 Å². The first-order valence-electron chi connectivity index (χ1n) is 9.65. The molecule has 0 aliphatic rings. The zero-order chi connectivity index (χ0) is 22.7. The minimum Gasteiger partial charge on any atom is -0.508 e. The van der Waals surface area contributed by atoms with Crippen molar-refractivity contribution in [1.82, 2.24) is 0 Å². The molecule has 0 bridgehead atoms. The van der Waals surface area contributed by atoms with Crippen molar-refractivity contribution in [2.45, 2.75) is 0 Å². The second kappa shape index (κ2) is 8.77. The van der Waals surface area contributed by atoms with E-state index in [0.717, 1.165) is 0 Å². The number of benzene rings is 3. The maximum absolute atomic E-state index is 12.8. The molecule has 0 unspecified atom stereocenters. The minimum absolute atomic E-state index is 0.0257. The third-order valence-corrected chi connectivity index (χ3v) is 4.88. The molecule has 0 aliphatic heterocycles. The van der Waals surface area contributed by atoms with E-state index in [2.05, 4.69) is 0 Å². The van der Waals surface area contributed by atoms with Gasteiger partial charge in [0.15, 0.2) is 11.5 Å². The van der Waals surface area contributed by atoms with Gasteiger partial charge < -0.3 is 28.8 Å². The van der Waals surface area contributed by atoms with Crippen LogP contribution in [0.2, 0.25) is 0 Å². The van der Waals surface area contributed by atoms with Crippen LogP contribution in [0.5, 0.6) is 28.7 Å². The van der Waals surface area contributed by atoms with Crippen molar-refractivity contribution in [2.24, 2.45) is 0 Å². The molecule has 0 aliphatic carbocycles. The number of carbonyl (C=O) groups is 1. The first kappa shape index (κ1) is 20.9. The molecule has 7 nitrogen and oxygen atoms in total. The van der Waals surface area contributed by atoms with Crippen LogP contribution in [0, 0.1) is 0 Å². The molecule has 0 saturated carbocycles. The summed E-state index contributed by atoms with van der Waals surface area (Å²) in [5, 5.41) is 19.4. The van der Waals surface area contributed by atoms with Crippen LogP contribution < -0.4 is 14.2 Å². The normalized spacial score (nSPS) is 10.6. The number of rotatable bonds is 6. The molecule has 1 aromatic heterocycles. The average molecular weight is 432 g/mol. The highest BCUT2D eigenvalue weighted by molar-refractivity contribution is 5.94. The molecule has 162 valence electrons. The van der Waals surface area contributed by atoms with E-state index in [0.29, 0.717) is 33.8 Å². The summed E-state index contributed by atoms with van der Waals surface area (Å²) in [5.41, 5.74) is 2.41. The summed E-state index contributed by atoms with van der Waals surface area (Å²) < 4.78 is 22.3. The number of furan rings is 1. The first-order valence-corrected chi connectivity index (χ1v) is 9.65. The van der Waals surface area contributed by atoms with Crippen LogP contribution in [0.1, 0.15) is 10.6 Å². The maximum atomic E-state index is 12.8. The molecular formula is C25H20O7. The Kier molecular flexibility index (Phi) is 5.72. The third-order valence-electron chi connectivity index (χ3n) is 4.88. The van der Waals surface area contributed by atoms with Gasteiger partial charge in [-0.05, 0) is 53.6 Å². The zero-order valence-corrected chi connectivity index (χ0v) is 17.4. The number of aromatic hydroxyl groups is 2. The Morgan fingerprint density at radius 1 is 0.812 bits per heavy atom. The second-order valence-corrected chi connectivity index (χ2v) is 6.82. The largest absolute Gasteiger partial charge is 0.508 e. The van der Waals surface area contributed by atoms with E-state index in [4.69, 9.17) is 18.6 Å². The highest BCUT2D eigenvalue weighted by Gasteiger charge is 2.26. The molecule has 2 N–H and O–H groups in total. The molecule has 0 fully saturated rings.